The first-order valence-electron chi connectivity index (χ1n) is 12.1. The van der Waals surface area contributed by atoms with Crippen LogP contribution in [0.1, 0.15) is 64.8 Å². The number of aromatic nitrogens is 1. The number of methoxy groups -OCH3 is 1. The van der Waals surface area contributed by atoms with Gasteiger partial charge in [0.05, 0.1) is 18.7 Å². The summed E-state index contributed by atoms with van der Waals surface area (Å²) in [6.45, 7) is 10.2. The molecule has 1 aliphatic rings. The molecule has 2 heterocycles. The van der Waals surface area contributed by atoms with E-state index in [2.05, 4.69) is 4.98 Å². The lowest BCUT2D eigenvalue weighted by Crippen LogP contribution is -2.29. The van der Waals surface area contributed by atoms with Gasteiger partial charge in [0.15, 0.2) is 0 Å². The molecule has 1 fully saturated rings. The second-order valence-corrected chi connectivity index (χ2v) is 9.71. The summed E-state index contributed by atoms with van der Waals surface area (Å²) in [5, 5.41) is 11.6. The number of aryl methyl sites for hydroxylation is 3. The van der Waals surface area contributed by atoms with Crippen molar-refractivity contribution in [1.29, 1.82) is 0 Å². The molecular weight excluding hydrogens is 452 g/mol. The van der Waals surface area contributed by atoms with Crippen LogP contribution in [0.4, 0.5) is 0 Å². The van der Waals surface area contributed by atoms with Gasteiger partial charge in [-0.2, -0.15) is 0 Å². The van der Waals surface area contributed by atoms with Gasteiger partial charge in [0.1, 0.15) is 11.5 Å². The van der Waals surface area contributed by atoms with E-state index in [4.69, 9.17) is 4.74 Å². The van der Waals surface area contributed by atoms with Crippen LogP contribution in [0.5, 0.6) is 5.75 Å². The van der Waals surface area contributed by atoms with Crippen molar-refractivity contribution >= 4 is 17.4 Å². The maximum absolute atomic E-state index is 13.5. The third-order valence-corrected chi connectivity index (χ3v) is 6.84. The average Bonchev–Trinajstić information content (AvgIpc) is 3.10. The maximum Gasteiger partial charge on any atom is 0.295 e. The Morgan fingerprint density at radius 1 is 1.08 bits per heavy atom. The van der Waals surface area contributed by atoms with Gasteiger partial charge in [-0.3, -0.25) is 14.6 Å². The molecule has 6 heteroatoms. The van der Waals surface area contributed by atoms with Crippen molar-refractivity contribution in [2.45, 2.75) is 53.1 Å². The topological polar surface area (TPSA) is 79.7 Å². The number of benzene rings is 2. The lowest BCUT2D eigenvalue weighted by atomic mass is 9.91. The van der Waals surface area contributed by atoms with Crippen LogP contribution < -0.4 is 4.74 Å². The number of ketones is 1. The van der Waals surface area contributed by atoms with Crippen molar-refractivity contribution in [2.75, 3.05) is 7.11 Å². The van der Waals surface area contributed by atoms with E-state index in [0.717, 1.165) is 33.6 Å². The Balaban J connectivity index is 1.92. The summed E-state index contributed by atoms with van der Waals surface area (Å²) in [4.78, 5) is 32.6. The maximum atomic E-state index is 13.5. The van der Waals surface area contributed by atoms with Crippen LogP contribution in [0.3, 0.4) is 0 Å². The fourth-order valence-corrected chi connectivity index (χ4v) is 4.81. The molecule has 1 unspecified atom stereocenters. The molecule has 3 aromatic rings. The molecule has 0 saturated carbocycles. The molecule has 1 atom stereocenters. The lowest BCUT2D eigenvalue weighted by Gasteiger charge is -2.26. The Kier molecular flexibility index (Phi) is 6.97. The van der Waals surface area contributed by atoms with Gasteiger partial charge < -0.3 is 14.7 Å². The number of pyridine rings is 1. The minimum atomic E-state index is -0.761. The number of hydrogen-bond donors (Lipinski definition) is 1. The summed E-state index contributed by atoms with van der Waals surface area (Å²) in [6, 6.07) is 12.6. The highest BCUT2D eigenvalue weighted by atomic mass is 16.5. The van der Waals surface area contributed by atoms with Gasteiger partial charge in [0, 0.05) is 24.5 Å². The molecular formula is C30H32N2O4. The fraction of sp³-hybridized carbons (Fsp3) is 0.300. The zero-order valence-electron chi connectivity index (χ0n) is 21.6. The van der Waals surface area contributed by atoms with Crippen LogP contribution in [-0.2, 0) is 16.1 Å². The lowest BCUT2D eigenvalue weighted by molar-refractivity contribution is -0.140. The van der Waals surface area contributed by atoms with Crippen LogP contribution in [0.2, 0.25) is 0 Å². The third kappa shape index (κ3) is 4.51. The Morgan fingerprint density at radius 3 is 2.47 bits per heavy atom. The van der Waals surface area contributed by atoms with Crippen LogP contribution >= 0.6 is 0 Å². The van der Waals surface area contributed by atoms with Crippen LogP contribution in [0, 0.1) is 20.8 Å². The zero-order valence-corrected chi connectivity index (χ0v) is 21.6. The van der Waals surface area contributed by atoms with E-state index in [1.807, 2.05) is 71.0 Å². The normalized spacial score (nSPS) is 17.2. The van der Waals surface area contributed by atoms with E-state index < -0.39 is 17.7 Å². The highest BCUT2D eigenvalue weighted by molar-refractivity contribution is 6.46. The van der Waals surface area contributed by atoms with Crippen molar-refractivity contribution in [3.8, 4) is 5.75 Å². The third-order valence-electron chi connectivity index (χ3n) is 6.84. The summed E-state index contributed by atoms with van der Waals surface area (Å²) >= 11 is 0. The number of Topliss-reactive ketones (excluding diaryl/α,β-unsaturated/α-hetero) is 1. The van der Waals surface area contributed by atoms with Crippen molar-refractivity contribution in [2.24, 2.45) is 0 Å². The van der Waals surface area contributed by atoms with E-state index in [1.54, 1.807) is 25.6 Å². The number of nitrogens with zero attached hydrogens (tertiary/aromatic N) is 2. The molecule has 1 aliphatic heterocycles. The van der Waals surface area contributed by atoms with Crippen molar-refractivity contribution in [3.63, 3.8) is 0 Å². The summed E-state index contributed by atoms with van der Waals surface area (Å²) < 4.78 is 5.55. The molecule has 186 valence electrons. The molecule has 36 heavy (non-hydrogen) atoms. The standard InChI is InChI=1S/C30H32N2O4/c1-17(2)23-14-24(20(5)13-25(23)36-6)28(33)26-27(21-8-7-11-31-15-21)32(30(35)29(26)34)16-22-12-18(3)9-10-19(22)4/h7-15,17,27,33H,16H2,1-6H3/b28-26+. The van der Waals surface area contributed by atoms with Gasteiger partial charge in [0.2, 0.25) is 0 Å². The molecule has 1 saturated heterocycles. The first-order chi connectivity index (χ1) is 17.1. The molecule has 1 amide bonds. The van der Waals surface area contributed by atoms with E-state index in [9.17, 15) is 14.7 Å². The van der Waals surface area contributed by atoms with Gasteiger partial charge in [-0.1, -0.05) is 43.7 Å². The molecule has 0 radical (unpaired) electrons. The van der Waals surface area contributed by atoms with Gasteiger partial charge in [-0.15, -0.1) is 0 Å². The molecule has 2 aromatic carbocycles. The average molecular weight is 485 g/mol. The number of ether oxygens (including phenoxy) is 1. The van der Waals surface area contributed by atoms with Gasteiger partial charge in [-0.05, 0) is 72.7 Å². The number of amides is 1. The summed E-state index contributed by atoms with van der Waals surface area (Å²) in [5.41, 5.74) is 5.96. The quantitative estimate of drug-likeness (QED) is 0.273. The molecule has 4 rings (SSSR count). The second-order valence-electron chi connectivity index (χ2n) is 9.71. The Labute approximate surface area is 212 Å². The summed E-state index contributed by atoms with van der Waals surface area (Å²) in [5.74, 6) is -0.673. The molecule has 6 nitrogen and oxygen atoms in total. The summed E-state index contributed by atoms with van der Waals surface area (Å²) in [6.07, 6.45) is 3.28. The van der Waals surface area contributed by atoms with E-state index >= 15 is 0 Å². The van der Waals surface area contributed by atoms with Crippen LogP contribution in [-0.4, -0.2) is 33.8 Å². The van der Waals surface area contributed by atoms with Gasteiger partial charge in [-0.25, -0.2) is 0 Å². The second kappa shape index (κ2) is 9.97. The smallest absolute Gasteiger partial charge is 0.295 e. The van der Waals surface area contributed by atoms with Gasteiger partial charge >= 0.3 is 0 Å². The Morgan fingerprint density at radius 2 is 1.83 bits per heavy atom. The van der Waals surface area contributed by atoms with Crippen LogP contribution in [0.15, 0.2) is 60.4 Å². The number of rotatable bonds is 6. The Bertz CT molecular complexity index is 1360. The largest absolute Gasteiger partial charge is 0.507 e. The minimum Gasteiger partial charge on any atom is -0.507 e. The highest BCUT2D eigenvalue weighted by Gasteiger charge is 2.46. The fourth-order valence-electron chi connectivity index (χ4n) is 4.81. The summed E-state index contributed by atoms with van der Waals surface area (Å²) in [7, 11) is 1.61. The molecule has 0 bridgehead atoms. The zero-order chi connectivity index (χ0) is 26.1. The molecule has 0 spiro atoms. The SMILES string of the molecule is COc1cc(C)c(/C(O)=C2\C(=O)C(=O)N(Cc3cc(C)ccc3C)C2c2cccnc2)cc1C(C)C. The monoisotopic (exact) mass is 484 g/mol. The van der Waals surface area contributed by atoms with Gasteiger partial charge in [0.25, 0.3) is 11.7 Å². The number of aliphatic hydroxyl groups excluding tert-OH is 1. The van der Waals surface area contributed by atoms with Crippen LogP contribution in [0.25, 0.3) is 5.76 Å². The van der Waals surface area contributed by atoms with E-state index in [1.165, 1.54) is 4.90 Å². The predicted molar refractivity (Wildman–Crippen MR) is 140 cm³/mol. The molecule has 1 aromatic heterocycles. The van der Waals surface area contributed by atoms with E-state index in [0.29, 0.717) is 11.1 Å². The molecule has 0 aliphatic carbocycles. The number of carbonyl (C=O) groups is 2. The number of aliphatic hydroxyl groups is 1. The Hall–Kier alpha value is -3.93. The first kappa shape index (κ1) is 25.2. The van der Waals surface area contributed by atoms with Crippen molar-refractivity contribution in [1.82, 2.24) is 9.88 Å². The number of hydrogen-bond acceptors (Lipinski definition) is 5. The number of likely N-dealkylation sites (tertiary alicyclic amines) is 1. The van der Waals surface area contributed by atoms with E-state index in [-0.39, 0.29) is 23.8 Å². The highest BCUT2D eigenvalue weighted by Crippen LogP contribution is 2.42. The first-order valence-corrected chi connectivity index (χ1v) is 12.1. The van der Waals surface area contributed by atoms with Crippen molar-refractivity contribution < 1.29 is 19.4 Å². The minimum absolute atomic E-state index is 0.0706. The molecule has 1 N–H and O–H groups in total. The number of carbonyl (C=O) groups excluding carboxylic acids is 2. The van der Waals surface area contributed by atoms with Crippen molar-refractivity contribution in [3.05, 3.63) is 99.4 Å². The predicted octanol–water partition coefficient (Wildman–Crippen LogP) is 5.76.